The summed E-state index contributed by atoms with van der Waals surface area (Å²) in [4.78, 5) is 27.6. The Hall–Kier alpha value is -3.48. The van der Waals surface area contributed by atoms with Gasteiger partial charge in [0.1, 0.15) is 5.82 Å². The fourth-order valence-corrected chi connectivity index (χ4v) is 3.42. The molecular formula is C23H26N4O3. The molecule has 1 heterocycles. The lowest BCUT2D eigenvalue weighted by Gasteiger charge is -2.15. The van der Waals surface area contributed by atoms with E-state index in [1.54, 1.807) is 18.2 Å². The van der Waals surface area contributed by atoms with E-state index in [0.29, 0.717) is 5.56 Å². The van der Waals surface area contributed by atoms with Crippen LogP contribution in [-0.4, -0.2) is 20.4 Å². The number of aromatic nitrogens is 2. The summed E-state index contributed by atoms with van der Waals surface area (Å²) >= 11 is 0. The molecule has 7 heteroatoms. The number of hydrogen-bond donors (Lipinski definition) is 1. The van der Waals surface area contributed by atoms with Crippen molar-refractivity contribution in [3.63, 3.8) is 0 Å². The largest absolute Gasteiger partial charge is 0.343 e. The number of carbonyl (C=O) groups excluding carboxylic acids is 1. The number of hydrogen-bond acceptors (Lipinski definition) is 4. The quantitative estimate of drug-likeness (QED) is 0.234. The number of nitro groups is 1. The molecule has 0 fully saturated rings. The minimum atomic E-state index is -0.456. The number of benzene rings is 2. The fourth-order valence-electron chi connectivity index (χ4n) is 3.42. The van der Waals surface area contributed by atoms with Gasteiger partial charge in [-0.3, -0.25) is 14.9 Å². The van der Waals surface area contributed by atoms with Gasteiger partial charge in [0.25, 0.3) is 5.69 Å². The molecule has 1 atom stereocenters. The first-order chi connectivity index (χ1) is 14.5. The summed E-state index contributed by atoms with van der Waals surface area (Å²) in [6.07, 6.45) is 6.28. The molecule has 0 radical (unpaired) electrons. The maximum absolute atomic E-state index is 12.4. The lowest BCUT2D eigenvalue weighted by atomic mass is 10.2. The van der Waals surface area contributed by atoms with Crippen LogP contribution in [0, 0.1) is 10.1 Å². The molecule has 3 aromatic rings. The average Bonchev–Trinajstić information content (AvgIpc) is 3.11. The lowest BCUT2D eigenvalue weighted by Crippen LogP contribution is -2.27. The van der Waals surface area contributed by atoms with E-state index >= 15 is 0 Å². The van der Waals surface area contributed by atoms with Crippen molar-refractivity contribution in [1.82, 2.24) is 14.9 Å². The number of amides is 1. The highest BCUT2D eigenvalue weighted by Gasteiger charge is 2.17. The van der Waals surface area contributed by atoms with Crippen molar-refractivity contribution in [2.45, 2.75) is 45.7 Å². The summed E-state index contributed by atoms with van der Waals surface area (Å²) in [5.74, 6) is 0.547. The summed E-state index contributed by atoms with van der Waals surface area (Å²) in [6, 6.07) is 13.9. The number of unbranched alkanes of at least 4 members (excludes halogenated alkanes) is 2. The van der Waals surface area contributed by atoms with Gasteiger partial charge in [0.15, 0.2) is 0 Å². The second-order valence-electron chi connectivity index (χ2n) is 7.23. The van der Waals surface area contributed by atoms with Crippen LogP contribution >= 0.6 is 0 Å². The second kappa shape index (κ2) is 9.82. The first-order valence-corrected chi connectivity index (χ1v) is 10.2. The highest BCUT2D eigenvalue weighted by atomic mass is 16.6. The van der Waals surface area contributed by atoms with Gasteiger partial charge in [0, 0.05) is 24.8 Å². The monoisotopic (exact) mass is 406 g/mol. The summed E-state index contributed by atoms with van der Waals surface area (Å²) in [5.41, 5.74) is 2.57. The van der Waals surface area contributed by atoms with E-state index in [-0.39, 0.29) is 17.6 Å². The van der Waals surface area contributed by atoms with E-state index in [4.69, 9.17) is 4.98 Å². The molecule has 7 nitrogen and oxygen atoms in total. The Morgan fingerprint density at radius 2 is 2.03 bits per heavy atom. The number of carbonyl (C=O) groups is 1. The summed E-state index contributed by atoms with van der Waals surface area (Å²) < 4.78 is 2.18. The molecule has 0 bridgehead atoms. The minimum Gasteiger partial charge on any atom is -0.343 e. The number of non-ortho nitro benzene ring substituents is 1. The molecule has 1 N–H and O–H groups in total. The Morgan fingerprint density at radius 1 is 1.23 bits per heavy atom. The van der Waals surface area contributed by atoms with Gasteiger partial charge in [-0.1, -0.05) is 44.0 Å². The Kier molecular flexibility index (Phi) is 6.95. The predicted molar refractivity (Wildman–Crippen MR) is 118 cm³/mol. The molecule has 0 aliphatic carbocycles. The Bertz CT molecular complexity index is 1070. The van der Waals surface area contributed by atoms with E-state index in [1.165, 1.54) is 18.2 Å². The topological polar surface area (TPSA) is 90.1 Å². The van der Waals surface area contributed by atoms with Gasteiger partial charge in [0.05, 0.1) is 22.0 Å². The molecule has 3 rings (SSSR count). The number of aryl methyl sites for hydroxylation is 1. The number of nitrogens with one attached hydrogen (secondary N) is 1. The number of fused-ring (bicyclic) bond motifs is 1. The van der Waals surface area contributed by atoms with Gasteiger partial charge >= 0.3 is 0 Å². The third-order valence-corrected chi connectivity index (χ3v) is 4.92. The Labute approximate surface area is 175 Å². The smallest absolute Gasteiger partial charge is 0.270 e. The molecular weight excluding hydrogens is 380 g/mol. The van der Waals surface area contributed by atoms with Crippen molar-refractivity contribution in [3.8, 4) is 0 Å². The van der Waals surface area contributed by atoms with Crippen molar-refractivity contribution >= 4 is 28.7 Å². The van der Waals surface area contributed by atoms with Crippen molar-refractivity contribution in [3.05, 3.63) is 76.1 Å². The zero-order valence-corrected chi connectivity index (χ0v) is 17.2. The van der Waals surface area contributed by atoms with E-state index in [9.17, 15) is 14.9 Å². The zero-order chi connectivity index (χ0) is 21.5. The summed E-state index contributed by atoms with van der Waals surface area (Å²) in [7, 11) is 0. The molecule has 2 aromatic carbocycles. The molecule has 0 aliphatic rings. The van der Waals surface area contributed by atoms with E-state index < -0.39 is 4.92 Å². The van der Waals surface area contributed by atoms with Gasteiger partial charge in [-0.15, -0.1) is 0 Å². The standard InChI is InChI=1S/C23H26N4O3/c1-3-4-7-15-26-21-12-6-5-11-20(21)25-23(26)17(2)24-22(28)14-13-18-9-8-10-19(16-18)27(29)30/h5-6,8-14,16-17H,3-4,7,15H2,1-2H3,(H,24,28)/b14-13+/t17-/m0/s1. The number of imidazole rings is 1. The normalized spacial score (nSPS) is 12.3. The number of para-hydroxylation sites is 2. The number of nitro benzene ring substituents is 1. The van der Waals surface area contributed by atoms with Gasteiger partial charge in [-0.25, -0.2) is 4.98 Å². The van der Waals surface area contributed by atoms with E-state index in [2.05, 4.69) is 22.9 Å². The van der Waals surface area contributed by atoms with Gasteiger partial charge in [0.2, 0.25) is 5.91 Å². The number of rotatable bonds is 9. The second-order valence-corrected chi connectivity index (χ2v) is 7.23. The summed E-state index contributed by atoms with van der Waals surface area (Å²) in [5, 5.41) is 13.8. The highest BCUT2D eigenvalue weighted by molar-refractivity contribution is 5.92. The fraction of sp³-hybridized carbons (Fsp3) is 0.304. The van der Waals surface area contributed by atoms with E-state index in [1.807, 2.05) is 25.1 Å². The SMILES string of the molecule is CCCCCn1c([C@H](C)NC(=O)/C=C/c2cccc([N+](=O)[O-])c2)nc2ccccc21. The van der Waals surface area contributed by atoms with Crippen molar-refractivity contribution < 1.29 is 9.72 Å². The first kappa shape index (κ1) is 21.2. The molecule has 156 valence electrons. The third kappa shape index (κ3) is 5.11. The molecule has 1 amide bonds. The van der Waals surface area contributed by atoms with Crippen molar-refractivity contribution in [2.75, 3.05) is 0 Å². The van der Waals surface area contributed by atoms with Crippen LogP contribution < -0.4 is 5.32 Å². The van der Waals surface area contributed by atoms with Gasteiger partial charge in [-0.05, 0) is 37.1 Å². The maximum Gasteiger partial charge on any atom is 0.270 e. The van der Waals surface area contributed by atoms with Crippen LogP contribution in [-0.2, 0) is 11.3 Å². The first-order valence-electron chi connectivity index (χ1n) is 10.2. The Balaban J connectivity index is 1.75. The van der Waals surface area contributed by atoms with Crippen LogP contribution in [0.15, 0.2) is 54.6 Å². The zero-order valence-electron chi connectivity index (χ0n) is 17.2. The third-order valence-electron chi connectivity index (χ3n) is 4.92. The van der Waals surface area contributed by atoms with Gasteiger partial charge in [-0.2, -0.15) is 0 Å². The minimum absolute atomic E-state index is 0.00766. The van der Waals surface area contributed by atoms with Gasteiger partial charge < -0.3 is 9.88 Å². The van der Waals surface area contributed by atoms with Crippen LogP contribution in [0.2, 0.25) is 0 Å². The molecule has 0 unspecified atom stereocenters. The molecule has 30 heavy (non-hydrogen) atoms. The van der Waals surface area contributed by atoms with Crippen molar-refractivity contribution in [1.29, 1.82) is 0 Å². The molecule has 0 aliphatic heterocycles. The van der Waals surface area contributed by atoms with Crippen molar-refractivity contribution in [2.24, 2.45) is 0 Å². The van der Waals surface area contributed by atoms with Crippen LogP contribution in [0.25, 0.3) is 17.1 Å². The van der Waals surface area contributed by atoms with Crippen LogP contribution in [0.4, 0.5) is 5.69 Å². The maximum atomic E-state index is 12.4. The Morgan fingerprint density at radius 3 is 2.80 bits per heavy atom. The highest BCUT2D eigenvalue weighted by Crippen LogP contribution is 2.22. The lowest BCUT2D eigenvalue weighted by molar-refractivity contribution is -0.384. The van der Waals surface area contributed by atoms with Crippen LogP contribution in [0.1, 0.15) is 50.5 Å². The van der Waals surface area contributed by atoms with Crippen LogP contribution in [0.5, 0.6) is 0 Å². The average molecular weight is 406 g/mol. The number of nitrogens with zero attached hydrogens (tertiary/aromatic N) is 3. The van der Waals surface area contributed by atoms with Crippen LogP contribution in [0.3, 0.4) is 0 Å². The molecule has 0 saturated heterocycles. The molecule has 0 saturated carbocycles. The molecule has 0 spiro atoms. The molecule has 1 aromatic heterocycles. The summed E-state index contributed by atoms with van der Waals surface area (Å²) in [6.45, 7) is 4.94. The van der Waals surface area contributed by atoms with E-state index in [0.717, 1.165) is 42.7 Å². The predicted octanol–water partition coefficient (Wildman–Crippen LogP) is 5.03.